The summed E-state index contributed by atoms with van der Waals surface area (Å²) in [5.74, 6) is 0.846. The van der Waals surface area contributed by atoms with Crippen molar-refractivity contribution in [3.8, 4) is 0 Å². The third kappa shape index (κ3) is 2.05. The van der Waals surface area contributed by atoms with Gasteiger partial charge in [-0.2, -0.15) is 0 Å². The molecule has 13 heavy (non-hydrogen) atoms. The molecule has 2 aliphatic rings. The Labute approximate surface area is 80.9 Å². The van der Waals surface area contributed by atoms with Crippen molar-refractivity contribution in [3.63, 3.8) is 0 Å². The van der Waals surface area contributed by atoms with Crippen LogP contribution in [0.3, 0.4) is 0 Å². The van der Waals surface area contributed by atoms with Gasteiger partial charge in [-0.15, -0.1) is 0 Å². The first-order chi connectivity index (χ1) is 6.27. The standard InChI is InChI=1S/C11H21NO/c1-9-4-2-3-5-11(9)12-7-6-10(13)8-12/h9-11,13H,2-8H2,1H3. The summed E-state index contributed by atoms with van der Waals surface area (Å²) >= 11 is 0. The minimum absolute atomic E-state index is 0.0471. The molecule has 0 bridgehead atoms. The third-order valence-electron chi connectivity index (χ3n) is 3.73. The molecule has 0 amide bonds. The van der Waals surface area contributed by atoms with E-state index in [4.69, 9.17) is 0 Å². The van der Waals surface area contributed by atoms with Crippen molar-refractivity contribution in [2.45, 2.75) is 51.2 Å². The van der Waals surface area contributed by atoms with Gasteiger partial charge in [0.2, 0.25) is 0 Å². The highest BCUT2D eigenvalue weighted by atomic mass is 16.3. The van der Waals surface area contributed by atoms with Crippen molar-refractivity contribution in [2.75, 3.05) is 13.1 Å². The van der Waals surface area contributed by atoms with Crippen LogP contribution >= 0.6 is 0 Å². The minimum atomic E-state index is -0.0471. The minimum Gasteiger partial charge on any atom is -0.392 e. The van der Waals surface area contributed by atoms with Gasteiger partial charge in [0.15, 0.2) is 0 Å². The zero-order chi connectivity index (χ0) is 9.26. The summed E-state index contributed by atoms with van der Waals surface area (Å²) in [4.78, 5) is 2.51. The van der Waals surface area contributed by atoms with E-state index in [9.17, 15) is 5.11 Å². The summed E-state index contributed by atoms with van der Waals surface area (Å²) in [5, 5.41) is 9.47. The van der Waals surface area contributed by atoms with Crippen molar-refractivity contribution in [2.24, 2.45) is 5.92 Å². The van der Waals surface area contributed by atoms with Gasteiger partial charge in [-0.1, -0.05) is 19.8 Å². The predicted octanol–water partition coefficient (Wildman–Crippen LogP) is 1.63. The van der Waals surface area contributed by atoms with Crippen LogP contribution in [0.1, 0.15) is 39.0 Å². The maximum atomic E-state index is 9.47. The Morgan fingerprint density at radius 2 is 1.92 bits per heavy atom. The molecule has 2 nitrogen and oxygen atoms in total. The lowest BCUT2D eigenvalue weighted by atomic mass is 9.85. The topological polar surface area (TPSA) is 23.5 Å². The van der Waals surface area contributed by atoms with E-state index in [1.165, 1.54) is 25.7 Å². The van der Waals surface area contributed by atoms with Crippen molar-refractivity contribution < 1.29 is 5.11 Å². The molecule has 76 valence electrons. The zero-order valence-corrected chi connectivity index (χ0v) is 8.58. The van der Waals surface area contributed by atoms with Crippen LogP contribution in [0.5, 0.6) is 0 Å². The fourth-order valence-electron chi connectivity index (χ4n) is 2.91. The molecular weight excluding hydrogens is 162 g/mol. The molecule has 2 rings (SSSR count). The van der Waals surface area contributed by atoms with Crippen LogP contribution in [0.15, 0.2) is 0 Å². The second-order valence-corrected chi connectivity index (χ2v) is 4.77. The Balaban J connectivity index is 1.91. The average molecular weight is 183 g/mol. The first-order valence-electron chi connectivity index (χ1n) is 5.69. The highest BCUT2D eigenvalue weighted by molar-refractivity contribution is 4.86. The second kappa shape index (κ2) is 3.97. The molecule has 0 aromatic rings. The maximum absolute atomic E-state index is 9.47. The number of β-amino-alcohol motifs (C(OH)–C–C–N with tert-alkyl or cyclic N) is 1. The monoisotopic (exact) mass is 183 g/mol. The summed E-state index contributed by atoms with van der Waals surface area (Å²) in [7, 11) is 0. The number of aliphatic hydroxyl groups excluding tert-OH is 1. The Bertz CT molecular complexity index is 171. The molecule has 3 atom stereocenters. The molecule has 1 heterocycles. The number of hydrogen-bond donors (Lipinski definition) is 1. The van der Waals surface area contributed by atoms with Crippen LogP contribution in [-0.2, 0) is 0 Å². The second-order valence-electron chi connectivity index (χ2n) is 4.77. The highest BCUT2D eigenvalue weighted by Gasteiger charge is 2.31. The van der Waals surface area contributed by atoms with Crippen LogP contribution in [0.2, 0.25) is 0 Å². The summed E-state index contributed by atoms with van der Waals surface area (Å²) in [6, 6.07) is 0.769. The van der Waals surface area contributed by atoms with Crippen molar-refractivity contribution in [3.05, 3.63) is 0 Å². The molecule has 0 spiro atoms. The predicted molar refractivity (Wildman–Crippen MR) is 53.6 cm³/mol. The summed E-state index contributed by atoms with van der Waals surface area (Å²) in [6.45, 7) is 4.42. The van der Waals surface area contributed by atoms with Gasteiger partial charge in [0, 0.05) is 19.1 Å². The molecule has 1 aliphatic carbocycles. The van der Waals surface area contributed by atoms with Gasteiger partial charge in [-0.3, -0.25) is 4.90 Å². The summed E-state index contributed by atoms with van der Waals surface area (Å²) in [6.07, 6.45) is 6.48. The van der Waals surface area contributed by atoms with Gasteiger partial charge in [-0.05, 0) is 25.2 Å². The van der Waals surface area contributed by atoms with Crippen LogP contribution in [-0.4, -0.2) is 35.2 Å². The highest BCUT2D eigenvalue weighted by Crippen LogP contribution is 2.30. The molecule has 1 saturated heterocycles. The van der Waals surface area contributed by atoms with Gasteiger partial charge in [0.25, 0.3) is 0 Å². The first-order valence-corrected chi connectivity index (χ1v) is 5.69. The van der Waals surface area contributed by atoms with E-state index in [0.717, 1.165) is 31.5 Å². The average Bonchev–Trinajstić information content (AvgIpc) is 2.53. The van der Waals surface area contributed by atoms with E-state index < -0.39 is 0 Å². The van der Waals surface area contributed by atoms with E-state index in [1.807, 2.05) is 0 Å². The SMILES string of the molecule is CC1CCCCC1N1CCC(O)C1. The van der Waals surface area contributed by atoms with Crippen molar-refractivity contribution in [1.82, 2.24) is 4.90 Å². The number of hydrogen-bond acceptors (Lipinski definition) is 2. The van der Waals surface area contributed by atoms with Crippen LogP contribution in [0.25, 0.3) is 0 Å². The number of nitrogens with zero attached hydrogens (tertiary/aromatic N) is 1. The van der Waals surface area contributed by atoms with Gasteiger partial charge in [-0.25, -0.2) is 0 Å². The van der Waals surface area contributed by atoms with Crippen molar-refractivity contribution >= 4 is 0 Å². The zero-order valence-electron chi connectivity index (χ0n) is 8.58. The molecule has 1 N–H and O–H groups in total. The first kappa shape index (κ1) is 9.47. The van der Waals surface area contributed by atoms with E-state index >= 15 is 0 Å². The third-order valence-corrected chi connectivity index (χ3v) is 3.73. The van der Waals surface area contributed by atoms with Gasteiger partial charge < -0.3 is 5.11 Å². The Morgan fingerprint density at radius 1 is 1.15 bits per heavy atom. The largest absolute Gasteiger partial charge is 0.392 e. The lowest BCUT2D eigenvalue weighted by Gasteiger charge is -2.36. The fourth-order valence-corrected chi connectivity index (χ4v) is 2.91. The lowest BCUT2D eigenvalue weighted by Crippen LogP contribution is -2.40. The molecule has 2 heteroatoms. The van der Waals surface area contributed by atoms with E-state index in [1.54, 1.807) is 0 Å². The van der Waals surface area contributed by atoms with Gasteiger partial charge in [0.1, 0.15) is 0 Å². The lowest BCUT2D eigenvalue weighted by molar-refractivity contribution is 0.112. The molecule has 3 unspecified atom stereocenters. The maximum Gasteiger partial charge on any atom is 0.0679 e. The van der Waals surface area contributed by atoms with Gasteiger partial charge in [0.05, 0.1) is 6.10 Å². The quantitative estimate of drug-likeness (QED) is 0.668. The smallest absolute Gasteiger partial charge is 0.0679 e. The number of rotatable bonds is 1. The van der Waals surface area contributed by atoms with Crippen LogP contribution < -0.4 is 0 Å². The van der Waals surface area contributed by atoms with E-state index in [-0.39, 0.29) is 6.10 Å². The van der Waals surface area contributed by atoms with Crippen molar-refractivity contribution in [1.29, 1.82) is 0 Å². The molecule has 0 radical (unpaired) electrons. The molecule has 2 fully saturated rings. The molecular formula is C11H21NO. The van der Waals surface area contributed by atoms with Gasteiger partial charge >= 0.3 is 0 Å². The number of likely N-dealkylation sites (tertiary alicyclic amines) is 1. The molecule has 0 aromatic carbocycles. The normalized spacial score (nSPS) is 42.5. The van der Waals surface area contributed by atoms with E-state index in [2.05, 4.69) is 11.8 Å². The molecule has 0 aromatic heterocycles. The Kier molecular flexibility index (Phi) is 2.89. The number of aliphatic hydroxyl groups is 1. The fraction of sp³-hybridized carbons (Fsp3) is 1.00. The summed E-state index contributed by atoms with van der Waals surface area (Å²) in [5.41, 5.74) is 0. The van der Waals surface area contributed by atoms with Crippen LogP contribution in [0, 0.1) is 5.92 Å². The van der Waals surface area contributed by atoms with Crippen LogP contribution in [0.4, 0.5) is 0 Å². The summed E-state index contributed by atoms with van der Waals surface area (Å²) < 4.78 is 0. The Morgan fingerprint density at radius 3 is 2.54 bits per heavy atom. The molecule has 1 aliphatic heterocycles. The Hall–Kier alpha value is -0.0800. The molecule has 1 saturated carbocycles. The van der Waals surface area contributed by atoms with E-state index in [0.29, 0.717) is 0 Å².